The summed E-state index contributed by atoms with van der Waals surface area (Å²) in [5.41, 5.74) is 1.88. The molecule has 0 aliphatic heterocycles. The Morgan fingerprint density at radius 2 is 2.22 bits per heavy atom. The predicted molar refractivity (Wildman–Crippen MR) is 69.7 cm³/mol. The maximum absolute atomic E-state index is 13.5. The lowest BCUT2D eigenvalue weighted by atomic mass is 10.2. The van der Waals surface area contributed by atoms with Gasteiger partial charge in [-0.1, -0.05) is 0 Å². The van der Waals surface area contributed by atoms with Gasteiger partial charge in [-0.15, -0.1) is 0 Å². The Kier molecular flexibility index (Phi) is 2.86. The van der Waals surface area contributed by atoms with Crippen molar-refractivity contribution in [1.29, 1.82) is 0 Å². The van der Waals surface area contributed by atoms with Crippen LogP contribution in [0.5, 0.6) is 5.75 Å². The van der Waals surface area contributed by atoms with E-state index in [1.165, 1.54) is 26.0 Å². The first-order chi connectivity index (χ1) is 8.69. The SMILES string of the molecule is COc1cc(F)c(Br)cc1-n1cnc(C2CC2)c1. The van der Waals surface area contributed by atoms with Crippen LogP contribution in [0.4, 0.5) is 4.39 Å². The molecule has 1 saturated carbocycles. The maximum Gasteiger partial charge on any atom is 0.145 e. The third kappa shape index (κ3) is 2.03. The van der Waals surface area contributed by atoms with Gasteiger partial charge in [0.2, 0.25) is 0 Å². The Hall–Kier alpha value is -1.36. The van der Waals surface area contributed by atoms with Crippen molar-refractivity contribution in [1.82, 2.24) is 9.55 Å². The molecule has 2 aromatic rings. The van der Waals surface area contributed by atoms with Gasteiger partial charge in [0.1, 0.15) is 11.6 Å². The van der Waals surface area contributed by atoms with Crippen LogP contribution in [0.1, 0.15) is 24.5 Å². The summed E-state index contributed by atoms with van der Waals surface area (Å²) in [6, 6.07) is 3.07. The average molecular weight is 311 g/mol. The molecule has 3 nitrogen and oxygen atoms in total. The number of benzene rings is 1. The summed E-state index contributed by atoms with van der Waals surface area (Å²) in [6.45, 7) is 0. The van der Waals surface area contributed by atoms with Crippen molar-refractivity contribution in [3.05, 3.63) is 40.6 Å². The van der Waals surface area contributed by atoms with E-state index in [4.69, 9.17) is 4.74 Å². The van der Waals surface area contributed by atoms with Gasteiger partial charge in [0.05, 0.1) is 29.3 Å². The number of ether oxygens (including phenoxy) is 1. The van der Waals surface area contributed by atoms with Gasteiger partial charge < -0.3 is 9.30 Å². The highest BCUT2D eigenvalue weighted by atomic mass is 79.9. The van der Waals surface area contributed by atoms with E-state index in [2.05, 4.69) is 20.9 Å². The van der Waals surface area contributed by atoms with E-state index in [1.54, 1.807) is 12.4 Å². The van der Waals surface area contributed by atoms with Gasteiger partial charge in [0.25, 0.3) is 0 Å². The van der Waals surface area contributed by atoms with Gasteiger partial charge in [0.15, 0.2) is 0 Å². The van der Waals surface area contributed by atoms with Gasteiger partial charge in [-0.3, -0.25) is 0 Å². The molecular formula is C13H12BrFN2O. The number of nitrogens with zero attached hydrogens (tertiary/aromatic N) is 2. The highest BCUT2D eigenvalue weighted by Gasteiger charge is 2.26. The summed E-state index contributed by atoms with van der Waals surface area (Å²) in [7, 11) is 1.53. The maximum atomic E-state index is 13.5. The molecule has 0 spiro atoms. The zero-order valence-electron chi connectivity index (χ0n) is 9.86. The third-order valence-corrected chi connectivity index (χ3v) is 3.71. The molecule has 18 heavy (non-hydrogen) atoms. The smallest absolute Gasteiger partial charge is 0.145 e. The standard InChI is InChI=1S/C13H12BrFN2O/c1-18-13-5-10(15)9(14)4-12(13)17-6-11(16-7-17)8-2-3-8/h4-8H,2-3H2,1H3. The molecule has 1 fully saturated rings. The monoisotopic (exact) mass is 310 g/mol. The third-order valence-electron chi connectivity index (χ3n) is 3.10. The Bertz CT molecular complexity index is 593. The summed E-state index contributed by atoms with van der Waals surface area (Å²) in [5.74, 6) is 0.759. The minimum Gasteiger partial charge on any atom is -0.494 e. The molecule has 0 bridgehead atoms. The zero-order chi connectivity index (χ0) is 12.7. The second-order valence-corrected chi connectivity index (χ2v) is 5.27. The summed E-state index contributed by atoms with van der Waals surface area (Å²) < 4.78 is 21.0. The second kappa shape index (κ2) is 4.39. The fraction of sp³-hybridized carbons (Fsp3) is 0.308. The van der Waals surface area contributed by atoms with Crippen LogP contribution in [0.2, 0.25) is 0 Å². The predicted octanol–water partition coefficient (Wildman–Crippen LogP) is 3.66. The number of rotatable bonds is 3. The fourth-order valence-corrected chi connectivity index (χ4v) is 2.27. The molecule has 1 aromatic carbocycles. The minimum atomic E-state index is -0.335. The normalized spacial score (nSPS) is 14.8. The van der Waals surface area contributed by atoms with Crippen LogP contribution in [0.25, 0.3) is 5.69 Å². The van der Waals surface area contributed by atoms with Gasteiger partial charge in [-0.25, -0.2) is 9.37 Å². The number of hydrogen-bond acceptors (Lipinski definition) is 2. The van der Waals surface area contributed by atoms with Crippen molar-refractivity contribution in [2.75, 3.05) is 7.11 Å². The van der Waals surface area contributed by atoms with Crippen molar-refractivity contribution in [2.45, 2.75) is 18.8 Å². The number of imidazole rings is 1. The van der Waals surface area contributed by atoms with E-state index in [-0.39, 0.29) is 5.82 Å². The molecule has 0 amide bonds. The van der Waals surface area contributed by atoms with E-state index in [9.17, 15) is 4.39 Å². The van der Waals surface area contributed by atoms with E-state index < -0.39 is 0 Å². The second-order valence-electron chi connectivity index (χ2n) is 4.42. The van der Waals surface area contributed by atoms with Crippen LogP contribution < -0.4 is 4.74 Å². The van der Waals surface area contributed by atoms with Crippen LogP contribution in [0, 0.1) is 5.82 Å². The molecule has 0 atom stereocenters. The first-order valence-electron chi connectivity index (χ1n) is 5.76. The number of aromatic nitrogens is 2. The van der Waals surface area contributed by atoms with Crippen LogP contribution in [0.15, 0.2) is 29.1 Å². The highest BCUT2D eigenvalue weighted by molar-refractivity contribution is 9.10. The molecule has 1 aliphatic rings. The molecule has 1 aliphatic carbocycles. The van der Waals surface area contributed by atoms with Crippen LogP contribution in [-0.2, 0) is 0 Å². The number of hydrogen-bond donors (Lipinski definition) is 0. The fourth-order valence-electron chi connectivity index (χ4n) is 1.94. The molecular weight excluding hydrogens is 299 g/mol. The Morgan fingerprint density at radius 3 is 2.89 bits per heavy atom. The van der Waals surface area contributed by atoms with E-state index in [0.29, 0.717) is 16.1 Å². The molecule has 0 unspecified atom stereocenters. The van der Waals surface area contributed by atoms with Crippen LogP contribution in [0.3, 0.4) is 0 Å². The van der Waals surface area contributed by atoms with Crippen molar-refractivity contribution in [3.63, 3.8) is 0 Å². The van der Waals surface area contributed by atoms with Crippen molar-refractivity contribution in [3.8, 4) is 11.4 Å². The van der Waals surface area contributed by atoms with Gasteiger partial charge in [0, 0.05) is 18.2 Å². The molecule has 1 aromatic heterocycles. The van der Waals surface area contributed by atoms with Crippen molar-refractivity contribution in [2.24, 2.45) is 0 Å². The van der Waals surface area contributed by atoms with Crippen LogP contribution >= 0.6 is 15.9 Å². The lowest BCUT2D eigenvalue weighted by Gasteiger charge is -2.10. The van der Waals surface area contributed by atoms with Gasteiger partial charge in [-0.2, -0.15) is 0 Å². The van der Waals surface area contributed by atoms with E-state index in [0.717, 1.165) is 11.4 Å². The molecule has 0 N–H and O–H groups in total. The topological polar surface area (TPSA) is 27.1 Å². The summed E-state index contributed by atoms with van der Waals surface area (Å²) >= 11 is 3.19. The molecule has 94 valence electrons. The lowest BCUT2D eigenvalue weighted by Crippen LogP contribution is -1.97. The first-order valence-corrected chi connectivity index (χ1v) is 6.55. The minimum absolute atomic E-state index is 0.335. The molecule has 3 rings (SSSR count). The van der Waals surface area contributed by atoms with Crippen LogP contribution in [-0.4, -0.2) is 16.7 Å². The molecule has 0 saturated heterocycles. The molecule has 1 heterocycles. The van der Waals surface area contributed by atoms with E-state index in [1.807, 2.05) is 10.8 Å². The van der Waals surface area contributed by atoms with Gasteiger partial charge >= 0.3 is 0 Å². The summed E-state index contributed by atoms with van der Waals surface area (Å²) in [6.07, 6.45) is 6.15. The van der Waals surface area contributed by atoms with Crippen molar-refractivity contribution >= 4 is 15.9 Å². The first kappa shape index (κ1) is 11.7. The largest absolute Gasteiger partial charge is 0.494 e. The number of methoxy groups -OCH3 is 1. The summed E-state index contributed by atoms with van der Waals surface area (Å²) in [4.78, 5) is 4.38. The summed E-state index contributed by atoms with van der Waals surface area (Å²) in [5, 5.41) is 0. The van der Waals surface area contributed by atoms with Gasteiger partial charge in [-0.05, 0) is 34.8 Å². The molecule has 5 heteroatoms. The Balaban J connectivity index is 2.05. The molecule has 0 radical (unpaired) electrons. The Labute approximate surface area is 113 Å². The zero-order valence-corrected chi connectivity index (χ0v) is 11.4. The lowest BCUT2D eigenvalue weighted by molar-refractivity contribution is 0.409. The van der Waals surface area contributed by atoms with E-state index >= 15 is 0 Å². The Morgan fingerprint density at radius 1 is 1.44 bits per heavy atom. The van der Waals surface area contributed by atoms with Crippen molar-refractivity contribution < 1.29 is 9.13 Å². The highest BCUT2D eigenvalue weighted by Crippen LogP contribution is 2.39. The average Bonchev–Trinajstić information content (AvgIpc) is 3.10. The quantitative estimate of drug-likeness (QED) is 0.865. The number of halogens is 2.